The molecule has 0 atom stereocenters. The SMILES string of the molecule is c1ccc(-c2ccccc2N(c2ccccc2)c2cccc(N(c3cc(-c4cccnc4)cc(N(c4ccccc4)c4ccc5oc6ccccc6c5c4)c3)c3ccc4sc5ccccc5c4c3)c2)cc1. The number of aromatic nitrogens is 1. The normalized spacial score (nSPS) is 11.4. The number of para-hydroxylation sites is 4. The fourth-order valence-corrected chi connectivity index (χ4v) is 11.1. The summed E-state index contributed by atoms with van der Waals surface area (Å²) in [7, 11) is 0. The first-order valence-electron chi connectivity index (χ1n) is 23.8. The predicted octanol–water partition coefficient (Wildman–Crippen LogP) is 19.1. The molecule has 0 bridgehead atoms. The van der Waals surface area contributed by atoms with Gasteiger partial charge in [-0.3, -0.25) is 4.98 Å². The van der Waals surface area contributed by atoms with Crippen molar-refractivity contribution in [3.8, 4) is 22.3 Å². The predicted molar refractivity (Wildman–Crippen MR) is 299 cm³/mol. The molecule has 0 aliphatic rings. The molecule has 0 saturated heterocycles. The van der Waals surface area contributed by atoms with Crippen molar-refractivity contribution in [1.29, 1.82) is 0 Å². The molecule has 336 valence electrons. The molecular formula is C65H44N4OS. The Kier molecular flexibility index (Phi) is 10.6. The van der Waals surface area contributed by atoms with Crippen molar-refractivity contribution < 1.29 is 4.42 Å². The molecular weight excluding hydrogens is 885 g/mol. The molecule has 0 spiro atoms. The lowest BCUT2D eigenvalue weighted by Gasteiger charge is -2.32. The van der Waals surface area contributed by atoms with Gasteiger partial charge in [0.15, 0.2) is 0 Å². The molecule has 6 heteroatoms. The fraction of sp³-hybridized carbons (Fsp3) is 0. The van der Waals surface area contributed by atoms with Crippen LogP contribution in [-0.4, -0.2) is 4.98 Å². The number of benzene rings is 10. The monoisotopic (exact) mass is 928 g/mol. The number of furan rings is 1. The Labute approximate surface area is 416 Å². The van der Waals surface area contributed by atoms with Crippen LogP contribution in [0.2, 0.25) is 0 Å². The summed E-state index contributed by atoms with van der Waals surface area (Å²) < 4.78 is 8.87. The highest BCUT2D eigenvalue weighted by molar-refractivity contribution is 7.25. The standard InChI is InChI=1S/C65H44N4OS/c1-4-18-45(19-5-1)56-27-10-13-30-61(56)69(49-23-8-3-9-24-49)51-26-16-25-50(40-51)68(53-34-36-65-60(43-53)58-29-12-15-32-64(58)71-65)55-39-47(46-20-17-37-66-44-46)38-54(41-55)67(48-21-6-2-7-22-48)52-33-35-63-59(42-52)57-28-11-14-31-62(57)70-63/h1-44H. The smallest absolute Gasteiger partial charge is 0.135 e. The third kappa shape index (κ3) is 7.83. The number of pyridine rings is 1. The average Bonchev–Trinajstić information content (AvgIpc) is 4.00. The van der Waals surface area contributed by atoms with Gasteiger partial charge in [-0.25, -0.2) is 0 Å². The largest absolute Gasteiger partial charge is 0.456 e. The van der Waals surface area contributed by atoms with Gasteiger partial charge < -0.3 is 19.1 Å². The second kappa shape index (κ2) is 18.0. The van der Waals surface area contributed by atoms with Crippen molar-refractivity contribution in [3.63, 3.8) is 0 Å². The van der Waals surface area contributed by atoms with Gasteiger partial charge in [-0.15, -0.1) is 11.3 Å². The van der Waals surface area contributed by atoms with E-state index < -0.39 is 0 Å². The molecule has 10 aromatic carbocycles. The Morgan fingerprint density at radius 3 is 1.61 bits per heavy atom. The zero-order chi connectivity index (χ0) is 47.1. The van der Waals surface area contributed by atoms with E-state index in [1.807, 2.05) is 41.9 Å². The van der Waals surface area contributed by atoms with Crippen molar-refractivity contribution >= 4 is 105 Å². The van der Waals surface area contributed by atoms with Gasteiger partial charge in [0.25, 0.3) is 0 Å². The molecule has 71 heavy (non-hydrogen) atoms. The van der Waals surface area contributed by atoms with Crippen LogP contribution >= 0.6 is 11.3 Å². The van der Waals surface area contributed by atoms with E-state index in [2.05, 4.69) is 256 Å². The molecule has 0 fully saturated rings. The van der Waals surface area contributed by atoms with Crippen molar-refractivity contribution in [2.45, 2.75) is 0 Å². The van der Waals surface area contributed by atoms with E-state index in [1.54, 1.807) is 0 Å². The zero-order valence-corrected chi connectivity index (χ0v) is 39.3. The lowest BCUT2D eigenvalue weighted by atomic mass is 10.0. The van der Waals surface area contributed by atoms with Crippen LogP contribution in [0, 0.1) is 0 Å². The Morgan fingerprint density at radius 1 is 0.310 bits per heavy atom. The van der Waals surface area contributed by atoms with Crippen LogP contribution in [0.1, 0.15) is 0 Å². The number of anilines is 9. The maximum atomic E-state index is 6.35. The van der Waals surface area contributed by atoms with Gasteiger partial charge in [-0.05, 0) is 132 Å². The summed E-state index contributed by atoms with van der Waals surface area (Å²) in [6, 6.07) is 91.1. The van der Waals surface area contributed by atoms with E-state index in [-0.39, 0.29) is 0 Å². The molecule has 13 rings (SSSR count). The van der Waals surface area contributed by atoms with Crippen molar-refractivity contribution in [1.82, 2.24) is 4.98 Å². The van der Waals surface area contributed by atoms with Crippen LogP contribution in [0.25, 0.3) is 64.4 Å². The first-order chi connectivity index (χ1) is 35.2. The first kappa shape index (κ1) is 41.9. The zero-order valence-electron chi connectivity index (χ0n) is 38.5. The molecule has 0 saturated carbocycles. The molecule has 3 aromatic heterocycles. The second-order valence-corrected chi connectivity index (χ2v) is 18.7. The summed E-state index contributed by atoms with van der Waals surface area (Å²) in [4.78, 5) is 11.8. The third-order valence-corrected chi connectivity index (χ3v) is 14.4. The summed E-state index contributed by atoms with van der Waals surface area (Å²) in [6.07, 6.45) is 3.79. The number of nitrogens with zero attached hydrogens (tertiary/aromatic N) is 4. The van der Waals surface area contributed by atoms with Crippen LogP contribution in [0.4, 0.5) is 51.2 Å². The minimum atomic E-state index is 0.853. The van der Waals surface area contributed by atoms with Crippen molar-refractivity contribution in [2.24, 2.45) is 0 Å². The molecule has 5 nitrogen and oxygen atoms in total. The number of hydrogen-bond acceptors (Lipinski definition) is 6. The lowest BCUT2D eigenvalue weighted by Crippen LogP contribution is -2.15. The van der Waals surface area contributed by atoms with E-state index in [1.165, 1.54) is 20.2 Å². The fourth-order valence-electron chi connectivity index (χ4n) is 10.0. The molecule has 0 amide bonds. The van der Waals surface area contributed by atoms with Crippen molar-refractivity contribution in [2.75, 3.05) is 14.7 Å². The van der Waals surface area contributed by atoms with Crippen LogP contribution in [-0.2, 0) is 0 Å². The Morgan fingerprint density at radius 2 is 0.845 bits per heavy atom. The van der Waals surface area contributed by atoms with Gasteiger partial charge in [0.2, 0.25) is 0 Å². The highest BCUT2D eigenvalue weighted by Crippen LogP contribution is 2.48. The highest BCUT2D eigenvalue weighted by atomic mass is 32.1. The maximum absolute atomic E-state index is 6.35. The molecule has 0 N–H and O–H groups in total. The third-order valence-electron chi connectivity index (χ3n) is 13.3. The van der Waals surface area contributed by atoms with Gasteiger partial charge in [0, 0.05) is 100.0 Å². The van der Waals surface area contributed by atoms with Crippen LogP contribution < -0.4 is 14.7 Å². The van der Waals surface area contributed by atoms with Gasteiger partial charge in [-0.2, -0.15) is 0 Å². The van der Waals surface area contributed by atoms with Gasteiger partial charge in [-0.1, -0.05) is 133 Å². The van der Waals surface area contributed by atoms with Crippen LogP contribution in [0.15, 0.2) is 272 Å². The van der Waals surface area contributed by atoms with Gasteiger partial charge in [0.1, 0.15) is 11.2 Å². The molecule has 0 radical (unpaired) electrons. The van der Waals surface area contributed by atoms with E-state index in [4.69, 9.17) is 4.42 Å². The van der Waals surface area contributed by atoms with Crippen LogP contribution in [0.3, 0.4) is 0 Å². The number of thiophene rings is 1. The topological polar surface area (TPSA) is 35.8 Å². The van der Waals surface area contributed by atoms with E-state index in [0.717, 1.165) is 95.4 Å². The second-order valence-electron chi connectivity index (χ2n) is 17.6. The minimum Gasteiger partial charge on any atom is -0.456 e. The number of hydrogen-bond donors (Lipinski definition) is 0. The maximum Gasteiger partial charge on any atom is 0.135 e. The molecule has 0 aliphatic carbocycles. The Hall–Kier alpha value is -9.23. The minimum absolute atomic E-state index is 0.853. The Bertz CT molecular complexity index is 4020. The quantitative estimate of drug-likeness (QED) is 0.129. The summed E-state index contributed by atoms with van der Waals surface area (Å²) >= 11 is 1.83. The summed E-state index contributed by atoms with van der Waals surface area (Å²) in [5.41, 5.74) is 15.3. The van der Waals surface area contributed by atoms with Crippen LogP contribution in [0.5, 0.6) is 0 Å². The first-order valence-corrected chi connectivity index (χ1v) is 24.6. The van der Waals surface area contributed by atoms with E-state index in [0.29, 0.717) is 0 Å². The van der Waals surface area contributed by atoms with Crippen molar-refractivity contribution in [3.05, 3.63) is 267 Å². The average molecular weight is 929 g/mol. The number of fused-ring (bicyclic) bond motifs is 6. The van der Waals surface area contributed by atoms with E-state index >= 15 is 0 Å². The Balaban J connectivity index is 1.06. The van der Waals surface area contributed by atoms with Gasteiger partial charge >= 0.3 is 0 Å². The summed E-state index contributed by atoms with van der Waals surface area (Å²) in [5, 5.41) is 4.62. The van der Waals surface area contributed by atoms with E-state index in [9.17, 15) is 0 Å². The van der Waals surface area contributed by atoms with Gasteiger partial charge in [0.05, 0.1) is 5.69 Å². The molecule has 0 aliphatic heterocycles. The summed E-state index contributed by atoms with van der Waals surface area (Å²) in [6.45, 7) is 0. The molecule has 0 unspecified atom stereocenters. The highest BCUT2D eigenvalue weighted by Gasteiger charge is 2.24. The molecule has 13 aromatic rings. The lowest BCUT2D eigenvalue weighted by molar-refractivity contribution is 0.669. The summed E-state index contributed by atoms with van der Waals surface area (Å²) in [5.74, 6) is 0. The molecule has 3 heterocycles. The number of rotatable bonds is 11.